The van der Waals surface area contributed by atoms with E-state index in [4.69, 9.17) is 4.42 Å². The lowest BCUT2D eigenvalue weighted by Crippen LogP contribution is -2.47. The molecule has 2 saturated heterocycles. The molecule has 3 heterocycles. The van der Waals surface area contributed by atoms with Crippen molar-refractivity contribution in [3.05, 3.63) is 36.1 Å². The Morgan fingerprint density at radius 3 is 3.15 bits per heavy atom. The molecule has 1 amide bonds. The van der Waals surface area contributed by atoms with Gasteiger partial charge in [-0.05, 0) is 49.6 Å². The molecule has 1 unspecified atom stereocenters. The van der Waals surface area contributed by atoms with Crippen LogP contribution in [0.3, 0.4) is 0 Å². The van der Waals surface area contributed by atoms with Gasteiger partial charge in [-0.3, -0.25) is 4.79 Å². The Kier molecular flexibility index (Phi) is 2.77. The van der Waals surface area contributed by atoms with Gasteiger partial charge in [-0.1, -0.05) is 0 Å². The van der Waals surface area contributed by atoms with Crippen molar-refractivity contribution in [1.29, 1.82) is 0 Å². The van der Waals surface area contributed by atoms with Gasteiger partial charge in [-0.25, -0.2) is 0 Å². The zero-order chi connectivity index (χ0) is 13.5. The number of amides is 1. The van der Waals surface area contributed by atoms with Crippen molar-refractivity contribution in [3.63, 3.8) is 0 Å². The summed E-state index contributed by atoms with van der Waals surface area (Å²) in [6.07, 6.45) is 4.06. The monoisotopic (exact) mass is 271 g/mol. The average molecular weight is 271 g/mol. The molecule has 4 rings (SSSR count). The van der Waals surface area contributed by atoms with Crippen molar-refractivity contribution >= 4 is 16.9 Å². The number of piperidine rings is 1. The highest BCUT2D eigenvalue weighted by atomic mass is 16.4. The second-order valence-corrected chi connectivity index (χ2v) is 5.99. The Bertz CT molecular complexity index is 637. The number of carbonyl (C=O) groups excluding carboxylic acids is 1. The van der Waals surface area contributed by atoms with E-state index < -0.39 is 0 Å². The van der Waals surface area contributed by atoms with Gasteiger partial charge in [0, 0.05) is 30.1 Å². The van der Waals surface area contributed by atoms with Gasteiger partial charge in [0.05, 0.1) is 6.26 Å². The minimum absolute atomic E-state index is 0.0283. The summed E-state index contributed by atoms with van der Waals surface area (Å²) in [6, 6.07) is 7.77. The third kappa shape index (κ3) is 2.10. The maximum absolute atomic E-state index is 12.4. The molecule has 2 fully saturated rings. The fourth-order valence-electron chi connectivity index (χ4n) is 3.54. The predicted molar refractivity (Wildman–Crippen MR) is 76.6 cm³/mol. The number of hydrogen-bond acceptors (Lipinski definition) is 3. The topological polar surface area (TPSA) is 45.5 Å². The van der Waals surface area contributed by atoms with Gasteiger partial charge in [0.1, 0.15) is 5.58 Å². The zero-order valence-corrected chi connectivity index (χ0v) is 11.3. The Morgan fingerprint density at radius 1 is 1.30 bits per heavy atom. The Labute approximate surface area is 117 Å². The lowest BCUT2D eigenvalue weighted by Gasteiger charge is -2.30. The molecule has 3 atom stereocenters. The molecule has 1 aromatic heterocycles. The molecule has 0 spiro atoms. The highest BCUT2D eigenvalue weighted by Crippen LogP contribution is 2.27. The molecule has 20 heavy (non-hydrogen) atoms. The summed E-state index contributed by atoms with van der Waals surface area (Å²) >= 11 is 0. The molecular formula is C16H18N2O2. The van der Waals surface area contributed by atoms with E-state index in [0.29, 0.717) is 11.6 Å². The second kappa shape index (κ2) is 4.63. The van der Waals surface area contributed by atoms with E-state index in [1.165, 1.54) is 19.5 Å². The quantitative estimate of drug-likeness (QED) is 0.911. The molecule has 1 aromatic carbocycles. The van der Waals surface area contributed by atoms with Crippen LogP contribution in [0.4, 0.5) is 0 Å². The Morgan fingerprint density at radius 2 is 2.25 bits per heavy atom. The van der Waals surface area contributed by atoms with Crippen LogP contribution in [0, 0.1) is 5.92 Å². The van der Waals surface area contributed by atoms with Gasteiger partial charge in [0.2, 0.25) is 0 Å². The number of carbonyl (C=O) groups is 1. The molecule has 4 nitrogen and oxygen atoms in total. The lowest BCUT2D eigenvalue weighted by atomic mass is 9.96. The largest absolute Gasteiger partial charge is 0.464 e. The van der Waals surface area contributed by atoms with Crippen LogP contribution in [0.25, 0.3) is 11.0 Å². The summed E-state index contributed by atoms with van der Waals surface area (Å²) in [5, 5.41) is 4.16. The molecule has 2 aliphatic heterocycles. The van der Waals surface area contributed by atoms with Crippen LogP contribution >= 0.6 is 0 Å². The van der Waals surface area contributed by atoms with Crippen LogP contribution in [0.5, 0.6) is 0 Å². The highest BCUT2D eigenvalue weighted by Gasteiger charge is 2.32. The first kappa shape index (κ1) is 12.0. The smallest absolute Gasteiger partial charge is 0.251 e. The van der Waals surface area contributed by atoms with Crippen molar-refractivity contribution in [2.75, 3.05) is 19.6 Å². The molecule has 2 aromatic rings. The molecule has 1 N–H and O–H groups in total. The van der Waals surface area contributed by atoms with E-state index in [1.807, 2.05) is 24.3 Å². The number of benzene rings is 1. The van der Waals surface area contributed by atoms with Gasteiger partial charge in [-0.2, -0.15) is 0 Å². The number of fused-ring (bicyclic) bond motifs is 3. The Balaban J connectivity index is 1.49. The van der Waals surface area contributed by atoms with Gasteiger partial charge < -0.3 is 14.6 Å². The summed E-state index contributed by atoms with van der Waals surface area (Å²) in [4.78, 5) is 14.8. The van der Waals surface area contributed by atoms with E-state index in [9.17, 15) is 4.79 Å². The van der Waals surface area contributed by atoms with Gasteiger partial charge >= 0.3 is 0 Å². The first-order valence-electron chi connectivity index (χ1n) is 7.28. The van der Waals surface area contributed by atoms with Crippen molar-refractivity contribution in [1.82, 2.24) is 10.2 Å². The number of rotatable bonds is 2. The lowest BCUT2D eigenvalue weighted by molar-refractivity contribution is 0.0909. The van der Waals surface area contributed by atoms with Crippen molar-refractivity contribution in [3.8, 4) is 0 Å². The standard InChI is InChI=1S/C16H18N2O2/c19-16(13-1-2-15-12(8-13)4-6-20-15)17-14-7-11-3-5-18(9-11)10-14/h1-2,4,6,8,11,14H,3,5,7,9-10H2,(H,17,19)/t11-,14-/m1/s1/i6+1. The number of hydrogen-bond donors (Lipinski definition) is 1. The minimum atomic E-state index is 0.0283. The van der Waals surface area contributed by atoms with Crippen molar-refractivity contribution in [2.45, 2.75) is 18.9 Å². The van der Waals surface area contributed by atoms with E-state index in [0.717, 1.165) is 29.9 Å². The summed E-state index contributed by atoms with van der Waals surface area (Å²) in [5.41, 5.74) is 1.54. The molecule has 0 radical (unpaired) electrons. The molecule has 2 bridgehead atoms. The first-order valence-corrected chi connectivity index (χ1v) is 7.28. The summed E-state index contributed by atoms with van der Waals surface area (Å²) < 4.78 is 5.30. The third-order valence-electron chi connectivity index (χ3n) is 4.52. The molecular weight excluding hydrogens is 253 g/mol. The SMILES string of the molecule is O=C(N[C@@H]1C[C@H]2CCN(C2)C1)c1ccc2o[13cH]cc2c1. The van der Waals surface area contributed by atoms with E-state index in [1.54, 1.807) is 6.26 Å². The number of nitrogens with zero attached hydrogens (tertiary/aromatic N) is 1. The molecule has 2 aliphatic rings. The Hall–Kier alpha value is -1.81. The van der Waals surface area contributed by atoms with Gasteiger partial charge in [0.25, 0.3) is 5.91 Å². The maximum atomic E-state index is 12.4. The molecule has 104 valence electrons. The highest BCUT2D eigenvalue weighted by molar-refractivity contribution is 5.97. The van der Waals surface area contributed by atoms with Crippen LogP contribution in [-0.4, -0.2) is 36.5 Å². The van der Waals surface area contributed by atoms with Gasteiger partial charge in [0.15, 0.2) is 0 Å². The van der Waals surface area contributed by atoms with Crippen LogP contribution in [0.1, 0.15) is 23.2 Å². The molecule has 4 heteroatoms. The molecule has 0 saturated carbocycles. The van der Waals surface area contributed by atoms with Crippen molar-refractivity contribution < 1.29 is 9.21 Å². The summed E-state index contributed by atoms with van der Waals surface area (Å²) in [6.45, 7) is 3.40. The summed E-state index contributed by atoms with van der Waals surface area (Å²) in [5.74, 6) is 0.797. The van der Waals surface area contributed by atoms with Crippen LogP contribution in [0.15, 0.2) is 34.9 Å². The van der Waals surface area contributed by atoms with Gasteiger partial charge in [-0.15, -0.1) is 0 Å². The fourth-order valence-corrected chi connectivity index (χ4v) is 3.54. The van der Waals surface area contributed by atoms with Crippen LogP contribution in [0.2, 0.25) is 0 Å². The fraction of sp³-hybridized carbons (Fsp3) is 0.438. The summed E-state index contributed by atoms with van der Waals surface area (Å²) in [7, 11) is 0. The van der Waals surface area contributed by atoms with E-state index in [-0.39, 0.29) is 5.91 Å². The zero-order valence-electron chi connectivity index (χ0n) is 11.3. The normalized spacial score (nSPS) is 28.7. The maximum Gasteiger partial charge on any atom is 0.251 e. The van der Waals surface area contributed by atoms with Crippen LogP contribution < -0.4 is 5.32 Å². The average Bonchev–Trinajstić information content (AvgIpc) is 3.04. The van der Waals surface area contributed by atoms with E-state index >= 15 is 0 Å². The van der Waals surface area contributed by atoms with E-state index in [2.05, 4.69) is 10.2 Å². The van der Waals surface area contributed by atoms with Crippen molar-refractivity contribution in [2.24, 2.45) is 5.92 Å². The second-order valence-electron chi connectivity index (χ2n) is 5.99. The first-order chi connectivity index (χ1) is 9.78. The minimum Gasteiger partial charge on any atom is -0.464 e. The number of nitrogens with one attached hydrogen (secondary N) is 1. The number of furan rings is 1. The third-order valence-corrected chi connectivity index (χ3v) is 4.52. The molecule has 0 aliphatic carbocycles. The predicted octanol–water partition coefficient (Wildman–Crippen LogP) is 2.26. The van der Waals surface area contributed by atoms with Crippen LogP contribution in [-0.2, 0) is 0 Å².